The molecule has 7 heteroatoms. The number of nitrogens with one attached hydrogen (secondary N) is 1. The number of halogens is 1. The van der Waals surface area contributed by atoms with Crippen molar-refractivity contribution in [1.82, 2.24) is 15.2 Å². The number of carbonyl (C=O) groups is 2. The molecule has 1 aromatic heterocycles. The largest absolute Gasteiger partial charge is 0.441 e. The van der Waals surface area contributed by atoms with Gasteiger partial charge < -0.3 is 9.73 Å². The zero-order chi connectivity index (χ0) is 19.9. The minimum atomic E-state index is -1.47. The Balaban J connectivity index is 1.63. The van der Waals surface area contributed by atoms with Crippen molar-refractivity contribution in [3.8, 4) is 11.5 Å². The molecule has 0 spiro atoms. The summed E-state index contributed by atoms with van der Waals surface area (Å²) in [5.41, 5.74) is -0.0782. The number of rotatable bonds is 4. The number of aromatic nitrogens is 1. The molecule has 1 unspecified atom stereocenters. The van der Waals surface area contributed by atoms with E-state index in [1.807, 2.05) is 30.3 Å². The second-order valence-corrected chi connectivity index (χ2v) is 6.81. The molecule has 1 aliphatic rings. The van der Waals surface area contributed by atoms with E-state index in [4.69, 9.17) is 4.42 Å². The minimum Gasteiger partial charge on any atom is -0.441 e. The molecular weight excluding hydrogens is 361 g/mol. The molecule has 3 aromatic rings. The molecular formula is C21H18FN3O3. The maximum absolute atomic E-state index is 14.2. The molecule has 6 nitrogen and oxygen atoms in total. The van der Waals surface area contributed by atoms with Crippen LogP contribution in [-0.4, -0.2) is 21.8 Å². The summed E-state index contributed by atoms with van der Waals surface area (Å²) in [6.45, 7) is 3.16. The Morgan fingerprint density at radius 2 is 1.79 bits per heavy atom. The van der Waals surface area contributed by atoms with Gasteiger partial charge >= 0.3 is 6.03 Å². The Labute approximate surface area is 161 Å². The van der Waals surface area contributed by atoms with Crippen LogP contribution in [0.2, 0.25) is 0 Å². The monoisotopic (exact) mass is 379 g/mol. The van der Waals surface area contributed by atoms with Crippen molar-refractivity contribution in [2.75, 3.05) is 0 Å². The molecule has 2 aromatic carbocycles. The van der Waals surface area contributed by atoms with Gasteiger partial charge in [0.15, 0.2) is 0 Å². The molecule has 1 aliphatic heterocycles. The van der Waals surface area contributed by atoms with Gasteiger partial charge in [-0.2, -0.15) is 0 Å². The van der Waals surface area contributed by atoms with Crippen molar-refractivity contribution >= 4 is 11.9 Å². The van der Waals surface area contributed by atoms with Gasteiger partial charge in [-0.1, -0.05) is 36.4 Å². The summed E-state index contributed by atoms with van der Waals surface area (Å²) < 4.78 is 19.9. The first-order chi connectivity index (χ1) is 13.4. The molecule has 4 rings (SSSR count). The van der Waals surface area contributed by atoms with Gasteiger partial charge in [0.25, 0.3) is 5.91 Å². The predicted octanol–water partition coefficient (Wildman–Crippen LogP) is 3.76. The van der Waals surface area contributed by atoms with Gasteiger partial charge in [-0.15, -0.1) is 0 Å². The fourth-order valence-corrected chi connectivity index (χ4v) is 3.32. The molecule has 1 fully saturated rings. The summed E-state index contributed by atoms with van der Waals surface area (Å²) in [6.07, 6.45) is 0. The van der Waals surface area contributed by atoms with Gasteiger partial charge in [-0.3, -0.25) is 9.69 Å². The predicted molar refractivity (Wildman–Crippen MR) is 99.5 cm³/mol. The lowest BCUT2D eigenvalue weighted by Crippen LogP contribution is -2.41. The number of hydrogen-bond acceptors (Lipinski definition) is 4. The maximum atomic E-state index is 14.2. The third-order valence-electron chi connectivity index (χ3n) is 4.91. The number of imide groups is 1. The number of aryl methyl sites for hydroxylation is 1. The van der Waals surface area contributed by atoms with Crippen LogP contribution < -0.4 is 5.32 Å². The summed E-state index contributed by atoms with van der Waals surface area (Å²) in [6, 6.07) is 14.7. The second-order valence-electron chi connectivity index (χ2n) is 6.81. The number of nitrogens with zero attached hydrogens (tertiary/aromatic N) is 2. The van der Waals surface area contributed by atoms with Crippen molar-refractivity contribution < 1.29 is 18.4 Å². The number of hydrogen-bond donors (Lipinski definition) is 1. The Kier molecular flexibility index (Phi) is 4.22. The molecule has 0 saturated carbocycles. The van der Waals surface area contributed by atoms with Gasteiger partial charge in [0.1, 0.15) is 22.8 Å². The molecule has 28 heavy (non-hydrogen) atoms. The smallest absolute Gasteiger partial charge is 0.325 e. The van der Waals surface area contributed by atoms with E-state index in [-0.39, 0.29) is 12.1 Å². The number of benzene rings is 2. The first-order valence-corrected chi connectivity index (χ1v) is 8.81. The molecule has 1 N–H and O–H groups in total. The van der Waals surface area contributed by atoms with E-state index in [1.54, 1.807) is 13.0 Å². The zero-order valence-corrected chi connectivity index (χ0v) is 15.4. The highest BCUT2D eigenvalue weighted by Crippen LogP contribution is 2.32. The SMILES string of the molecule is Cc1oc(-c2ccccc2)nc1CN1C(=O)NC(C)(c2ccccc2F)C1=O. The Morgan fingerprint density at radius 1 is 1.11 bits per heavy atom. The average Bonchev–Trinajstić information content (AvgIpc) is 3.16. The summed E-state index contributed by atoms with van der Waals surface area (Å²) in [7, 11) is 0. The van der Waals surface area contributed by atoms with Crippen molar-refractivity contribution in [3.05, 3.63) is 77.4 Å². The van der Waals surface area contributed by atoms with Crippen LogP contribution in [-0.2, 0) is 16.9 Å². The van der Waals surface area contributed by atoms with Gasteiger partial charge in [-0.25, -0.2) is 14.2 Å². The number of amides is 3. The minimum absolute atomic E-state index is 0.0587. The van der Waals surface area contributed by atoms with Crippen LogP contribution in [0.3, 0.4) is 0 Å². The third kappa shape index (κ3) is 2.85. The zero-order valence-electron chi connectivity index (χ0n) is 15.4. The Morgan fingerprint density at radius 3 is 2.50 bits per heavy atom. The lowest BCUT2D eigenvalue weighted by Gasteiger charge is -2.22. The molecule has 2 heterocycles. The van der Waals surface area contributed by atoms with Crippen LogP contribution in [0, 0.1) is 12.7 Å². The van der Waals surface area contributed by atoms with Crippen LogP contribution in [0.15, 0.2) is 59.0 Å². The third-order valence-corrected chi connectivity index (χ3v) is 4.91. The van der Waals surface area contributed by atoms with E-state index in [2.05, 4.69) is 10.3 Å². The van der Waals surface area contributed by atoms with Crippen molar-refractivity contribution in [3.63, 3.8) is 0 Å². The lowest BCUT2D eigenvalue weighted by molar-refractivity contribution is -0.131. The molecule has 1 saturated heterocycles. The van der Waals surface area contributed by atoms with Gasteiger partial charge in [-0.05, 0) is 32.0 Å². The number of urea groups is 1. The number of carbonyl (C=O) groups excluding carboxylic acids is 2. The first kappa shape index (κ1) is 17.9. The molecule has 1 atom stereocenters. The average molecular weight is 379 g/mol. The molecule has 142 valence electrons. The molecule has 3 amide bonds. The molecule has 0 aliphatic carbocycles. The van der Waals surface area contributed by atoms with Crippen molar-refractivity contribution in [1.29, 1.82) is 0 Å². The Hall–Kier alpha value is -3.48. The normalized spacial score (nSPS) is 19.2. The second kappa shape index (κ2) is 6.60. The van der Waals surface area contributed by atoms with Crippen LogP contribution >= 0.6 is 0 Å². The van der Waals surface area contributed by atoms with Crippen LogP contribution in [0.5, 0.6) is 0 Å². The highest BCUT2D eigenvalue weighted by atomic mass is 19.1. The van der Waals surface area contributed by atoms with Crippen LogP contribution in [0.25, 0.3) is 11.5 Å². The van der Waals surface area contributed by atoms with E-state index in [9.17, 15) is 14.0 Å². The molecule has 0 radical (unpaired) electrons. The number of oxazole rings is 1. The van der Waals surface area contributed by atoms with Gasteiger partial charge in [0, 0.05) is 11.1 Å². The quantitative estimate of drug-likeness (QED) is 0.701. The van der Waals surface area contributed by atoms with E-state index in [0.29, 0.717) is 17.3 Å². The maximum Gasteiger partial charge on any atom is 0.325 e. The van der Waals surface area contributed by atoms with E-state index >= 15 is 0 Å². The van der Waals surface area contributed by atoms with E-state index in [1.165, 1.54) is 25.1 Å². The standard InChI is InChI=1S/C21H18FN3O3/c1-13-17(23-18(28-13)14-8-4-3-5-9-14)12-25-19(26)21(2,24-20(25)27)15-10-6-7-11-16(15)22/h3-11H,12H2,1-2H3,(H,24,27). The topological polar surface area (TPSA) is 75.4 Å². The van der Waals surface area contributed by atoms with Crippen LogP contribution in [0.1, 0.15) is 23.9 Å². The Bertz CT molecular complexity index is 1060. The fourth-order valence-electron chi connectivity index (χ4n) is 3.32. The van der Waals surface area contributed by atoms with Gasteiger partial charge in [0.05, 0.1) is 6.54 Å². The van der Waals surface area contributed by atoms with Gasteiger partial charge in [0.2, 0.25) is 5.89 Å². The summed E-state index contributed by atoms with van der Waals surface area (Å²) >= 11 is 0. The van der Waals surface area contributed by atoms with Crippen molar-refractivity contribution in [2.45, 2.75) is 25.9 Å². The summed E-state index contributed by atoms with van der Waals surface area (Å²) in [4.78, 5) is 31.0. The van der Waals surface area contributed by atoms with Crippen molar-refractivity contribution in [2.24, 2.45) is 0 Å². The molecule has 0 bridgehead atoms. The highest BCUT2D eigenvalue weighted by Gasteiger charge is 2.50. The van der Waals surface area contributed by atoms with Crippen LogP contribution in [0.4, 0.5) is 9.18 Å². The fraction of sp³-hybridized carbons (Fsp3) is 0.190. The summed E-state index contributed by atoms with van der Waals surface area (Å²) in [5, 5.41) is 2.60. The highest BCUT2D eigenvalue weighted by molar-refractivity contribution is 6.07. The first-order valence-electron chi connectivity index (χ1n) is 8.81. The van der Waals surface area contributed by atoms with E-state index < -0.39 is 23.3 Å². The van der Waals surface area contributed by atoms with E-state index in [0.717, 1.165) is 10.5 Å². The summed E-state index contributed by atoms with van der Waals surface area (Å²) in [5.74, 6) is -0.160. The lowest BCUT2D eigenvalue weighted by atomic mass is 9.91.